The topological polar surface area (TPSA) is 93.6 Å². The molecule has 3 aromatic rings. The van der Waals surface area contributed by atoms with Crippen molar-refractivity contribution >= 4 is 44.2 Å². The quantitative estimate of drug-likeness (QED) is 0.400. The first-order chi connectivity index (χ1) is 16.0. The minimum absolute atomic E-state index is 0.0714. The molecule has 1 aromatic heterocycles. The number of aromatic nitrogens is 2. The number of carbonyl (C=O) groups is 2. The highest BCUT2D eigenvalue weighted by molar-refractivity contribution is 9.10. The van der Waals surface area contributed by atoms with Crippen molar-refractivity contribution in [3.8, 4) is 16.3 Å². The van der Waals surface area contributed by atoms with Gasteiger partial charge in [0.1, 0.15) is 10.8 Å². The van der Waals surface area contributed by atoms with Crippen molar-refractivity contribution in [2.24, 2.45) is 0 Å². The van der Waals surface area contributed by atoms with Gasteiger partial charge in [0, 0.05) is 36.7 Å². The Balaban J connectivity index is 1.55. The molecule has 0 saturated heterocycles. The number of carbonyl (C=O) groups excluding carboxylic acids is 2. The summed E-state index contributed by atoms with van der Waals surface area (Å²) in [6.45, 7) is 1.08. The molecule has 8 nitrogen and oxygen atoms in total. The van der Waals surface area contributed by atoms with Crippen molar-refractivity contribution in [1.29, 1.82) is 0 Å². The third kappa shape index (κ3) is 7.62. The number of ether oxygens (including phenoxy) is 2. The molecule has 0 spiro atoms. The molecule has 33 heavy (non-hydrogen) atoms. The SMILES string of the molecule is COCCN(CCC(=O)Nc1nnc(-c2cccc(Br)c2)s1)C(=O)Cc1ccc(OC)cc1. The Morgan fingerprint density at radius 3 is 2.58 bits per heavy atom. The molecule has 0 atom stereocenters. The van der Waals surface area contributed by atoms with Crippen LogP contribution in [0.15, 0.2) is 53.0 Å². The van der Waals surface area contributed by atoms with Gasteiger partial charge < -0.3 is 19.7 Å². The minimum atomic E-state index is -0.230. The van der Waals surface area contributed by atoms with E-state index in [2.05, 4.69) is 31.4 Å². The van der Waals surface area contributed by atoms with Gasteiger partial charge in [-0.1, -0.05) is 51.5 Å². The van der Waals surface area contributed by atoms with Gasteiger partial charge in [0.05, 0.1) is 20.1 Å². The van der Waals surface area contributed by atoms with Crippen LogP contribution in [0.25, 0.3) is 10.6 Å². The third-order valence-corrected chi connectivity index (χ3v) is 6.17. The summed E-state index contributed by atoms with van der Waals surface area (Å²) in [6, 6.07) is 15.1. The Labute approximate surface area is 205 Å². The normalized spacial score (nSPS) is 10.6. The molecule has 1 N–H and O–H groups in total. The van der Waals surface area contributed by atoms with E-state index in [0.717, 1.165) is 21.3 Å². The van der Waals surface area contributed by atoms with E-state index >= 15 is 0 Å². The zero-order valence-corrected chi connectivity index (χ0v) is 20.8. The van der Waals surface area contributed by atoms with Gasteiger partial charge in [-0.2, -0.15) is 0 Å². The van der Waals surface area contributed by atoms with Crippen LogP contribution in [0.5, 0.6) is 5.75 Å². The summed E-state index contributed by atoms with van der Waals surface area (Å²) in [5, 5.41) is 12.1. The van der Waals surface area contributed by atoms with E-state index in [1.807, 2.05) is 48.5 Å². The first kappa shape index (κ1) is 24.8. The molecule has 2 amide bonds. The highest BCUT2D eigenvalue weighted by Crippen LogP contribution is 2.28. The van der Waals surface area contributed by atoms with Crippen molar-refractivity contribution in [1.82, 2.24) is 15.1 Å². The zero-order chi connectivity index (χ0) is 23.6. The van der Waals surface area contributed by atoms with Crippen molar-refractivity contribution < 1.29 is 19.1 Å². The van der Waals surface area contributed by atoms with Crippen molar-refractivity contribution in [3.05, 3.63) is 58.6 Å². The van der Waals surface area contributed by atoms with Crippen molar-refractivity contribution in [3.63, 3.8) is 0 Å². The van der Waals surface area contributed by atoms with Crippen LogP contribution in [-0.2, 0) is 20.7 Å². The third-order valence-electron chi connectivity index (χ3n) is 4.78. The Morgan fingerprint density at radius 1 is 1.09 bits per heavy atom. The zero-order valence-electron chi connectivity index (χ0n) is 18.4. The number of benzene rings is 2. The fourth-order valence-electron chi connectivity index (χ4n) is 3.02. The van der Waals surface area contributed by atoms with Crippen molar-refractivity contribution in [2.45, 2.75) is 12.8 Å². The van der Waals surface area contributed by atoms with Crippen LogP contribution in [0, 0.1) is 0 Å². The number of methoxy groups -OCH3 is 2. The Kier molecular flexibility index (Phi) is 9.35. The van der Waals surface area contributed by atoms with Crippen LogP contribution in [0.2, 0.25) is 0 Å². The largest absolute Gasteiger partial charge is 0.497 e. The number of nitrogens with zero attached hydrogens (tertiary/aromatic N) is 3. The van der Waals surface area contributed by atoms with Crippen LogP contribution >= 0.6 is 27.3 Å². The number of rotatable bonds is 11. The molecule has 0 saturated carbocycles. The second kappa shape index (κ2) is 12.4. The molecule has 0 fully saturated rings. The molecular formula is C23H25BrN4O4S. The summed E-state index contributed by atoms with van der Waals surface area (Å²) < 4.78 is 11.2. The summed E-state index contributed by atoms with van der Waals surface area (Å²) in [4.78, 5) is 26.9. The number of hydrogen-bond acceptors (Lipinski definition) is 7. The van der Waals surface area contributed by atoms with Gasteiger partial charge >= 0.3 is 0 Å². The minimum Gasteiger partial charge on any atom is -0.497 e. The summed E-state index contributed by atoms with van der Waals surface area (Å²) in [6.07, 6.45) is 0.381. The number of amides is 2. The number of anilines is 1. The lowest BCUT2D eigenvalue weighted by atomic mass is 10.1. The van der Waals surface area contributed by atoms with E-state index in [4.69, 9.17) is 9.47 Å². The van der Waals surface area contributed by atoms with Gasteiger partial charge in [-0.15, -0.1) is 10.2 Å². The van der Waals surface area contributed by atoms with Gasteiger partial charge in [0.2, 0.25) is 16.9 Å². The van der Waals surface area contributed by atoms with E-state index < -0.39 is 0 Å². The molecule has 3 rings (SSSR count). The Hall–Kier alpha value is -2.82. The molecule has 10 heteroatoms. The molecule has 0 aliphatic heterocycles. The lowest BCUT2D eigenvalue weighted by molar-refractivity contribution is -0.131. The molecular weight excluding hydrogens is 508 g/mol. The highest BCUT2D eigenvalue weighted by Gasteiger charge is 2.17. The van der Waals surface area contributed by atoms with E-state index in [9.17, 15) is 9.59 Å². The van der Waals surface area contributed by atoms with E-state index in [1.165, 1.54) is 11.3 Å². The summed E-state index contributed by atoms with van der Waals surface area (Å²) >= 11 is 4.73. The Morgan fingerprint density at radius 2 is 1.88 bits per heavy atom. The highest BCUT2D eigenvalue weighted by atomic mass is 79.9. The molecule has 174 valence electrons. The van der Waals surface area contributed by atoms with E-state index in [1.54, 1.807) is 19.1 Å². The van der Waals surface area contributed by atoms with E-state index in [0.29, 0.717) is 23.3 Å². The fourth-order valence-corrected chi connectivity index (χ4v) is 4.18. The second-order valence-electron chi connectivity index (χ2n) is 7.12. The summed E-state index contributed by atoms with van der Waals surface area (Å²) in [5.41, 5.74) is 1.79. The predicted octanol–water partition coefficient (Wildman–Crippen LogP) is 4.02. The maximum absolute atomic E-state index is 12.8. The molecule has 0 aliphatic carbocycles. The lowest BCUT2D eigenvalue weighted by Gasteiger charge is -2.22. The standard InChI is InChI=1S/C23H25BrN4O4S/c1-31-13-12-28(21(30)14-16-6-8-19(32-2)9-7-16)11-10-20(29)25-23-27-26-22(33-23)17-4-3-5-18(24)15-17/h3-9,15H,10-14H2,1-2H3,(H,25,27,29). The molecule has 0 radical (unpaired) electrons. The van der Waals surface area contributed by atoms with Crippen LogP contribution < -0.4 is 10.1 Å². The van der Waals surface area contributed by atoms with Crippen LogP contribution in [-0.4, -0.2) is 60.8 Å². The first-order valence-electron chi connectivity index (χ1n) is 10.3. The first-order valence-corrected chi connectivity index (χ1v) is 11.9. The average Bonchev–Trinajstić information content (AvgIpc) is 3.28. The average molecular weight is 533 g/mol. The van der Waals surface area contributed by atoms with Crippen LogP contribution in [0.4, 0.5) is 5.13 Å². The molecule has 1 heterocycles. The second-order valence-corrected chi connectivity index (χ2v) is 9.01. The number of halogens is 1. The Bertz CT molecular complexity index is 1070. The van der Waals surface area contributed by atoms with E-state index in [-0.39, 0.29) is 31.2 Å². The van der Waals surface area contributed by atoms with Gasteiger partial charge in [-0.05, 0) is 29.8 Å². The number of hydrogen-bond donors (Lipinski definition) is 1. The lowest BCUT2D eigenvalue weighted by Crippen LogP contribution is -2.37. The monoisotopic (exact) mass is 532 g/mol. The van der Waals surface area contributed by atoms with Gasteiger partial charge in [0.15, 0.2) is 0 Å². The molecule has 2 aromatic carbocycles. The smallest absolute Gasteiger partial charge is 0.227 e. The summed E-state index contributed by atoms with van der Waals surface area (Å²) in [5.74, 6) is 0.434. The predicted molar refractivity (Wildman–Crippen MR) is 131 cm³/mol. The maximum atomic E-state index is 12.8. The fraction of sp³-hybridized carbons (Fsp3) is 0.304. The van der Waals surface area contributed by atoms with Crippen molar-refractivity contribution in [2.75, 3.05) is 39.2 Å². The molecule has 0 bridgehead atoms. The molecule has 0 unspecified atom stereocenters. The van der Waals surface area contributed by atoms with Gasteiger partial charge in [-0.3, -0.25) is 9.59 Å². The van der Waals surface area contributed by atoms with Crippen LogP contribution in [0.1, 0.15) is 12.0 Å². The van der Waals surface area contributed by atoms with Crippen LogP contribution in [0.3, 0.4) is 0 Å². The molecule has 0 aliphatic rings. The maximum Gasteiger partial charge on any atom is 0.227 e. The van der Waals surface area contributed by atoms with Gasteiger partial charge in [0.25, 0.3) is 0 Å². The van der Waals surface area contributed by atoms with Gasteiger partial charge in [-0.25, -0.2) is 0 Å². The summed E-state index contributed by atoms with van der Waals surface area (Å²) in [7, 11) is 3.18. The number of nitrogens with one attached hydrogen (secondary N) is 1.